The van der Waals surface area contributed by atoms with E-state index in [1.54, 1.807) is 0 Å². The second kappa shape index (κ2) is 11.2. The van der Waals surface area contributed by atoms with E-state index < -0.39 is 9.89 Å². The van der Waals surface area contributed by atoms with Crippen molar-refractivity contribution in [1.29, 1.82) is 0 Å². The molecule has 1 aromatic heterocycles. The summed E-state index contributed by atoms with van der Waals surface area (Å²) in [4.78, 5) is 21.6. The molecule has 1 aromatic carbocycles. The summed E-state index contributed by atoms with van der Waals surface area (Å²) in [5, 5.41) is 2.70. The number of nitrogens with zero attached hydrogens (tertiary/aromatic N) is 3. The first-order chi connectivity index (χ1) is 16.3. The molecule has 2 aliphatic rings. The summed E-state index contributed by atoms with van der Waals surface area (Å²) in [7, 11) is 0. The van der Waals surface area contributed by atoms with Crippen LogP contribution in [0.1, 0.15) is 5.56 Å². The fourth-order valence-corrected chi connectivity index (χ4v) is 4.04. The number of pyridine rings is 1. The largest absolute Gasteiger partial charge is 0.445 e. The average molecular weight is 530 g/mol. The van der Waals surface area contributed by atoms with Crippen LogP contribution in [0, 0.1) is 6.92 Å². The summed E-state index contributed by atoms with van der Waals surface area (Å²) in [6, 6.07) is 9.84. The van der Waals surface area contributed by atoms with Crippen molar-refractivity contribution in [3.8, 4) is 11.1 Å². The number of nitrogens with one attached hydrogen (secondary N) is 1. The van der Waals surface area contributed by atoms with Gasteiger partial charge < -0.3 is 24.0 Å². The number of rotatable bonds is 5. The summed E-state index contributed by atoms with van der Waals surface area (Å²) >= 11 is 17.0. The number of hydrogen-bond acceptors (Lipinski definition) is 7. The van der Waals surface area contributed by atoms with E-state index in [9.17, 15) is 4.79 Å². The molecule has 2 fully saturated rings. The molecule has 8 nitrogen and oxygen atoms in total. The number of ether oxygens (including phenoxy) is 3. The van der Waals surface area contributed by atoms with Crippen molar-refractivity contribution < 1.29 is 19.0 Å². The molecule has 0 bridgehead atoms. The Hall–Kier alpha value is -1.97. The van der Waals surface area contributed by atoms with Crippen molar-refractivity contribution in [2.24, 2.45) is 0 Å². The van der Waals surface area contributed by atoms with Crippen molar-refractivity contribution in [2.75, 3.05) is 74.3 Å². The molecule has 0 aliphatic carbocycles. The highest BCUT2D eigenvalue weighted by atomic mass is 35.6. The van der Waals surface area contributed by atoms with Crippen molar-refractivity contribution in [3.05, 3.63) is 35.9 Å². The third-order valence-electron chi connectivity index (χ3n) is 5.63. The second-order valence-corrected chi connectivity index (χ2v) is 10.6. The van der Waals surface area contributed by atoms with Gasteiger partial charge >= 0.3 is 6.09 Å². The van der Waals surface area contributed by atoms with Crippen LogP contribution in [0.25, 0.3) is 11.1 Å². The highest BCUT2D eigenvalue weighted by Crippen LogP contribution is 2.33. The van der Waals surface area contributed by atoms with Gasteiger partial charge in [-0.25, -0.2) is 9.78 Å². The molecule has 34 heavy (non-hydrogen) atoms. The van der Waals surface area contributed by atoms with E-state index in [4.69, 9.17) is 54.0 Å². The lowest BCUT2D eigenvalue weighted by Gasteiger charge is -2.32. The Bertz CT molecular complexity index is 970. The van der Waals surface area contributed by atoms with Gasteiger partial charge in [0, 0.05) is 31.9 Å². The molecule has 184 valence electrons. The summed E-state index contributed by atoms with van der Waals surface area (Å²) in [6.45, 7) is 7.52. The molecule has 3 heterocycles. The van der Waals surface area contributed by atoms with Crippen molar-refractivity contribution in [2.45, 2.75) is 10.7 Å². The zero-order chi connectivity index (χ0) is 24.1. The maximum absolute atomic E-state index is 12.2. The minimum absolute atomic E-state index is 0.349. The van der Waals surface area contributed by atoms with Gasteiger partial charge in [0.15, 0.2) is 0 Å². The maximum atomic E-state index is 12.2. The number of benzene rings is 1. The number of morpholine rings is 2. The molecule has 0 atom stereocenters. The highest BCUT2D eigenvalue weighted by molar-refractivity contribution is 6.67. The van der Waals surface area contributed by atoms with Crippen LogP contribution in [0.5, 0.6) is 0 Å². The molecule has 2 aliphatic heterocycles. The van der Waals surface area contributed by atoms with E-state index in [0.29, 0.717) is 32.1 Å². The van der Waals surface area contributed by atoms with Crippen LogP contribution in [0.3, 0.4) is 0 Å². The summed E-state index contributed by atoms with van der Waals surface area (Å²) in [5.41, 5.74) is 3.62. The van der Waals surface area contributed by atoms with Crippen molar-refractivity contribution in [1.82, 2.24) is 4.98 Å². The number of hydrogen-bond donors (Lipinski definition) is 1. The number of halogens is 3. The topological polar surface area (TPSA) is 76.2 Å². The van der Waals surface area contributed by atoms with Crippen LogP contribution >= 0.6 is 34.8 Å². The average Bonchev–Trinajstić information content (AvgIpc) is 2.84. The normalized spacial score (nSPS) is 16.9. The predicted octanol–water partition coefficient (Wildman–Crippen LogP) is 4.65. The van der Waals surface area contributed by atoms with Gasteiger partial charge in [-0.3, -0.25) is 5.32 Å². The van der Waals surface area contributed by atoms with E-state index in [-0.39, 0.29) is 6.61 Å². The van der Waals surface area contributed by atoms with Gasteiger partial charge in [-0.15, -0.1) is 0 Å². The van der Waals surface area contributed by atoms with Crippen molar-refractivity contribution >= 4 is 58.2 Å². The first-order valence-corrected chi connectivity index (χ1v) is 12.2. The van der Waals surface area contributed by atoms with Crippen LogP contribution in [0.4, 0.5) is 22.1 Å². The van der Waals surface area contributed by atoms with Gasteiger partial charge in [-0.2, -0.15) is 0 Å². The molecule has 11 heteroatoms. The smallest absolute Gasteiger partial charge is 0.411 e. The number of aromatic nitrogens is 1. The number of carbonyl (C=O) groups excluding carboxylic acids is 1. The van der Waals surface area contributed by atoms with Crippen molar-refractivity contribution in [3.63, 3.8) is 0 Å². The fourth-order valence-electron chi connectivity index (χ4n) is 3.88. The molecular weight excluding hydrogens is 503 g/mol. The van der Waals surface area contributed by atoms with Gasteiger partial charge in [0.1, 0.15) is 18.2 Å². The fraction of sp³-hybridized carbons (Fsp3) is 0.478. The quantitative estimate of drug-likeness (QED) is 0.565. The third kappa shape index (κ3) is 6.79. The van der Waals surface area contributed by atoms with Crippen LogP contribution in [0.2, 0.25) is 0 Å². The lowest BCUT2D eigenvalue weighted by Crippen LogP contribution is -2.39. The predicted molar refractivity (Wildman–Crippen MR) is 136 cm³/mol. The zero-order valence-electron chi connectivity index (χ0n) is 18.9. The molecule has 0 saturated carbocycles. The van der Waals surface area contributed by atoms with Gasteiger partial charge in [-0.1, -0.05) is 40.9 Å². The number of amides is 1. The molecule has 1 amide bonds. The van der Waals surface area contributed by atoms with Crippen LogP contribution in [-0.2, 0) is 14.2 Å². The molecule has 0 radical (unpaired) electrons. The van der Waals surface area contributed by atoms with Gasteiger partial charge in [0.25, 0.3) is 0 Å². The van der Waals surface area contributed by atoms with E-state index in [1.807, 2.05) is 25.1 Å². The molecule has 0 unspecified atom stereocenters. The Morgan fingerprint density at radius 2 is 1.56 bits per heavy atom. The van der Waals surface area contributed by atoms with E-state index >= 15 is 0 Å². The van der Waals surface area contributed by atoms with E-state index in [1.165, 1.54) is 0 Å². The summed E-state index contributed by atoms with van der Waals surface area (Å²) < 4.78 is 14.4. The lowest BCUT2D eigenvalue weighted by molar-refractivity contribution is 0.121. The third-order valence-corrected chi connectivity index (χ3v) is 5.96. The molecule has 2 aromatic rings. The standard InChI is InChI=1S/C23H27Cl3N4O4/c1-16-2-3-18(27-22(31)34-15-23(24,25)26)14-19(16)17-12-20(29-4-8-32-9-5-29)28-21(13-17)30-6-10-33-11-7-30/h2-3,12-14H,4-11,15H2,1H3,(H,27,31). The SMILES string of the molecule is Cc1ccc(NC(=O)OCC(Cl)(Cl)Cl)cc1-c1cc(N2CCOCC2)nc(N2CCOCC2)c1. The molecule has 1 N–H and O–H groups in total. The van der Waals surface area contributed by atoms with Gasteiger partial charge in [0.2, 0.25) is 3.79 Å². The minimum Gasteiger partial charge on any atom is -0.445 e. The van der Waals surface area contributed by atoms with E-state index in [2.05, 4.69) is 27.2 Å². The molecular formula is C23H27Cl3N4O4. The highest BCUT2D eigenvalue weighted by Gasteiger charge is 2.23. The molecule has 4 rings (SSSR count). The Morgan fingerprint density at radius 1 is 1.00 bits per heavy atom. The van der Waals surface area contributed by atoms with Crippen LogP contribution in [0.15, 0.2) is 30.3 Å². The monoisotopic (exact) mass is 528 g/mol. The first kappa shape index (κ1) is 25.1. The van der Waals surface area contributed by atoms with E-state index in [0.717, 1.165) is 54.5 Å². The van der Waals surface area contributed by atoms with Gasteiger partial charge in [-0.05, 0) is 47.9 Å². The number of anilines is 3. The zero-order valence-corrected chi connectivity index (χ0v) is 21.1. The Kier molecular flexibility index (Phi) is 8.26. The van der Waals surface area contributed by atoms with Gasteiger partial charge in [0.05, 0.1) is 26.4 Å². The Morgan fingerprint density at radius 3 is 2.09 bits per heavy atom. The first-order valence-electron chi connectivity index (χ1n) is 11.1. The Labute approximate surface area is 214 Å². The maximum Gasteiger partial charge on any atom is 0.411 e. The van der Waals surface area contributed by atoms with Crippen LogP contribution in [-0.4, -0.2) is 74.1 Å². The van der Waals surface area contributed by atoms with Crippen LogP contribution < -0.4 is 15.1 Å². The minimum atomic E-state index is -1.67. The summed E-state index contributed by atoms with van der Waals surface area (Å²) in [6.07, 6.45) is -0.695. The number of aryl methyl sites for hydroxylation is 1. The lowest BCUT2D eigenvalue weighted by atomic mass is 10.00. The number of carbonyl (C=O) groups is 1. The molecule has 0 spiro atoms. The Balaban J connectivity index is 1.63. The summed E-state index contributed by atoms with van der Waals surface area (Å²) in [5.74, 6) is 1.81. The number of alkyl halides is 3. The second-order valence-electron chi connectivity index (χ2n) is 8.12. The molecule has 2 saturated heterocycles.